The maximum atomic E-state index is 11.3. The van der Waals surface area contributed by atoms with Crippen molar-refractivity contribution < 1.29 is 8.42 Å². The number of sulfonamides is 1. The van der Waals surface area contributed by atoms with Crippen LogP contribution in [-0.2, 0) is 29.4 Å². The van der Waals surface area contributed by atoms with Crippen molar-refractivity contribution in [3.8, 4) is 0 Å². The van der Waals surface area contributed by atoms with Crippen LogP contribution < -0.4 is 4.72 Å². The molecule has 0 amide bonds. The average molecular weight is 424 g/mol. The van der Waals surface area contributed by atoms with Gasteiger partial charge in [-0.15, -0.1) is 0 Å². The Balaban J connectivity index is 1.74. The minimum Gasteiger partial charge on any atom is -0.213 e. The van der Waals surface area contributed by atoms with E-state index >= 15 is 0 Å². The lowest BCUT2D eigenvalue weighted by atomic mass is 9.92. The monoisotopic (exact) mass is 423 g/mol. The summed E-state index contributed by atoms with van der Waals surface area (Å²) >= 11 is 6.26. The van der Waals surface area contributed by atoms with Gasteiger partial charge in [0.05, 0.1) is 6.26 Å². The molecule has 29 heavy (non-hydrogen) atoms. The second-order valence-corrected chi connectivity index (χ2v) is 9.62. The quantitative estimate of drug-likeness (QED) is 0.636. The van der Waals surface area contributed by atoms with Crippen LogP contribution in [0.5, 0.6) is 0 Å². The Morgan fingerprint density at radius 2 is 1.62 bits per heavy atom. The van der Waals surface area contributed by atoms with Gasteiger partial charge in [-0.05, 0) is 70.0 Å². The largest absolute Gasteiger partial charge is 0.213 e. The molecule has 4 rings (SSSR count). The summed E-state index contributed by atoms with van der Waals surface area (Å²) in [6, 6.07) is 22.6. The molecule has 0 fully saturated rings. The number of aryl methyl sites for hydroxylation is 2. The highest BCUT2D eigenvalue weighted by Gasteiger charge is 2.18. The van der Waals surface area contributed by atoms with Crippen molar-refractivity contribution in [2.24, 2.45) is 0 Å². The Morgan fingerprint density at radius 1 is 0.931 bits per heavy atom. The van der Waals surface area contributed by atoms with Crippen molar-refractivity contribution in [3.63, 3.8) is 0 Å². The fourth-order valence-electron chi connectivity index (χ4n) is 3.72. The zero-order valence-electron chi connectivity index (χ0n) is 16.2. The molecule has 0 heterocycles. The Hall–Kier alpha value is -2.40. The third-order valence-corrected chi connectivity index (χ3v) is 6.06. The van der Waals surface area contributed by atoms with Gasteiger partial charge in [0.2, 0.25) is 10.0 Å². The predicted octanol–water partition coefficient (Wildman–Crippen LogP) is 5.08. The van der Waals surface area contributed by atoms with Crippen LogP contribution in [0.3, 0.4) is 0 Å². The minimum absolute atomic E-state index is 0.292. The molecular formula is C24H22ClNO2S. The molecule has 0 saturated carbocycles. The molecule has 0 unspecified atom stereocenters. The van der Waals surface area contributed by atoms with Crippen molar-refractivity contribution in [3.05, 3.63) is 105 Å². The molecule has 3 aromatic carbocycles. The Morgan fingerprint density at radius 3 is 2.38 bits per heavy atom. The standard InChI is InChI=1S/C24H22ClNO2S/c1-29(27,28)26-16-18-8-6-17(7-9-18)14-24-22-5-3-2-4-19(22)10-11-20-15-21(25)12-13-23(20)24/h2-9,12-15,26H,10-11,16H2,1H3/b24-14+. The van der Waals surface area contributed by atoms with Gasteiger partial charge in [-0.3, -0.25) is 0 Å². The highest BCUT2D eigenvalue weighted by atomic mass is 35.5. The zero-order valence-corrected chi connectivity index (χ0v) is 17.7. The molecule has 0 aromatic heterocycles. The molecule has 0 radical (unpaired) electrons. The third kappa shape index (κ3) is 4.78. The fraction of sp³-hybridized carbons (Fsp3) is 0.167. The van der Waals surface area contributed by atoms with E-state index in [9.17, 15) is 8.42 Å². The Labute approximate surface area is 177 Å². The van der Waals surface area contributed by atoms with Crippen LogP contribution in [0.1, 0.15) is 33.4 Å². The van der Waals surface area contributed by atoms with Gasteiger partial charge >= 0.3 is 0 Å². The second kappa shape index (κ2) is 8.15. The van der Waals surface area contributed by atoms with E-state index in [0.717, 1.165) is 29.0 Å². The Bertz CT molecular complexity index is 1180. The van der Waals surface area contributed by atoms with Crippen molar-refractivity contribution in [1.82, 2.24) is 4.72 Å². The normalized spacial score (nSPS) is 14.9. The van der Waals surface area contributed by atoms with Gasteiger partial charge in [-0.2, -0.15) is 0 Å². The smallest absolute Gasteiger partial charge is 0.209 e. The van der Waals surface area contributed by atoms with Crippen LogP contribution in [-0.4, -0.2) is 14.7 Å². The molecule has 0 spiro atoms. The summed E-state index contributed by atoms with van der Waals surface area (Å²) in [6.07, 6.45) is 5.31. The molecule has 0 saturated heterocycles. The molecule has 148 valence electrons. The second-order valence-electron chi connectivity index (χ2n) is 7.35. The highest BCUT2D eigenvalue weighted by Crippen LogP contribution is 2.36. The maximum Gasteiger partial charge on any atom is 0.209 e. The van der Waals surface area contributed by atoms with Crippen LogP contribution in [0, 0.1) is 0 Å². The van der Waals surface area contributed by atoms with E-state index in [1.165, 1.54) is 34.1 Å². The van der Waals surface area contributed by atoms with Gasteiger partial charge in [-0.1, -0.05) is 66.2 Å². The third-order valence-electron chi connectivity index (χ3n) is 5.16. The summed E-state index contributed by atoms with van der Waals surface area (Å²) < 4.78 is 25.1. The first kappa shape index (κ1) is 19.9. The molecule has 5 heteroatoms. The number of nitrogens with one attached hydrogen (secondary N) is 1. The van der Waals surface area contributed by atoms with E-state index in [-0.39, 0.29) is 0 Å². The lowest BCUT2D eigenvalue weighted by Gasteiger charge is -2.13. The van der Waals surface area contributed by atoms with Crippen molar-refractivity contribution in [2.75, 3.05) is 6.26 Å². The van der Waals surface area contributed by atoms with Crippen LogP contribution >= 0.6 is 11.6 Å². The van der Waals surface area contributed by atoms with Crippen molar-refractivity contribution in [2.45, 2.75) is 19.4 Å². The molecule has 1 aliphatic rings. The van der Waals surface area contributed by atoms with E-state index in [0.29, 0.717) is 6.54 Å². The van der Waals surface area contributed by atoms with Gasteiger partial charge in [0.25, 0.3) is 0 Å². The molecule has 0 aliphatic heterocycles. The van der Waals surface area contributed by atoms with Crippen molar-refractivity contribution in [1.29, 1.82) is 0 Å². The first-order valence-electron chi connectivity index (χ1n) is 9.51. The maximum absolute atomic E-state index is 11.3. The summed E-state index contributed by atoms with van der Waals surface area (Å²) in [5.41, 5.74) is 8.23. The molecule has 1 N–H and O–H groups in total. The molecule has 1 aliphatic carbocycles. The first-order valence-corrected chi connectivity index (χ1v) is 11.8. The van der Waals surface area contributed by atoms with Crippen molar-refractivity contribution >= 4 is 33.3 Å². The SMILES string of the molecule is CS(=O)(=O)NCc1ccc(/C=C2\c3ccccc3CCc3cc(Cl)ccc32)cc1. The summed E-state index contributed by atoms with van der Waals surface area (Å²) in [5, 5.41) is 0.761. The number of halogens is 1. The van der Waals surface area contributed by atoms with Crippen LogP contribution in [0.15, 0.2) is 66.7 Å². The van der Waals surface area contributed by atoms with E-state index in [4.69, 9.17) is 11.6 Å². The van der Waals surface area contributed by atoms with Gasteiger partial charge < -0.3 is 0 Å². The lowest BCUT2D eigenvalue weighted by Crippen LogP contribution is -2.21. The molecule has 0 atom stereocenters. The van der Waals surface area contributed by atoms with Crippen LogP contribution in [0.25, 0.3) is 11.6 Å². The zero-order chi connectivity index (χ0) is 20.4. The number of rotatable bonds is 4. The molecule has 0 bridgehead atoms. The first-order chi connectivity index (χ1) is 13.9. The van der Waals surface area contributed by atoms with Gasteiger partial charge in [-0.25, -0.2) is 13.1 Å². The van der Waals surface area contributed by atoms with E-state index in [2.05, 4.69) is 47.2 Å². The Kier molecular flexibility index (Phi) is 5.59. The summed E-state index contributed by atoms with van der Waals surface area (Å²) in [6.45, 7) is 0.292. The van der Waals surface area contributed by atoms with Crippen LogP contribution in [0.2, 0.25) is 5.02 Å². The highest BCUT2D eigenvalue weighted by molar-refractivity contribution is 7.88. The average Bonchev–Trinajstić information content (AvgIpc) is 2.84. The summed E-state index contributed by atoms with van der Waals surface area (Å²) in [7, 11) is -3.20. The topological polar surface area (TPSA) is 46.2 Å². The van der Waals surface area contributed by atoms with Crippen LogP contribution in [0.4, 0.5) is 0 Å². The van der Waals surface area contributed by atoms with E-state index in [1.54, 1.807) is 0 Å². The van der Waals surface area contributed by atoms with Gasteiger partial charge in [0, 0.05) is 11.6 Å². The fourth-order valence-corrected chi connectivity index (χ4v) is 4.34. The number of benzene rings is 3. The van der Waals surface area contributed by atoms with Gasteiger partial charge in [0.15, 0.2) is 0 Å². The molecule has 3 aromatic rings. The number of hydrogen-bond acceptors (Lipinski definition) is 2. The van der Waals surface area contributed by atoms with E-state index < -0.39 is 10.0 Å². The predicted molar refractivity (Wildman–Crippen MR) is 120 cm³/mol. The lowest BCUT2D eigenvalue weighted by molar-refractivity contribution is 0.587. The molecular weight excluding hydrogens is 402 g/mol. The summed E-state index contributed by atoms with van der Waals surface area (Å²) in [4.78, 5) is 0. The number of fused-ring (bicyclic) bond motifs is 2. The molecule has 3 nitrogen and oxygen atoms in total. The number of hydrogen-bond donors (Lipinski definition) is 1. The summed E-state index contributed by atoms with van der Waals surface area (Å²) in [5.74, 6) is 0. The van der Waals surface area contributed by atoms with Gasteiger partial charge in [0.1, 0.15) is 0 Å². The minimum atomic E-state index is -3.20. The van der Waals surface area contributed by atoms with E-state index in [1.807, 2.05) is 30.3 Å².